The Balaban J connectivity index is 1.67. The fourth-order valence-corrected chi connectivity index (χ4v) is 3.86. The summed E-state index contributed by atoms with van der Waals surface area (Å²) < 4.78 is 19.3. The van der Waals surface area contributed by atoms with E-state index >= 15 is 0 Å². The van der Waals surface area contributed by atoms with Crippen LogP contribution < -0.4 is 10.1 Å². The molecule has 2 N–H and O–H groups in total. The van der Waals surface area contributed by atoms with Gasteiger partial charge in [0.1, 0.15) is 11.6 Å². The number of nitrogens with zero attached hydrogens (tertiary/aromatic N) is 1. The van der Waals surface area contributed by atoms with Crippen LogP contribution in [0.3, 0.4) is 0 Å². The molecule has 0 radical (unpaired) electrons. The maximum absolute atomic E-state index is 14.1. The Bertz CT molecular complexity index is 662. The SMILES string of the molecule is CCCC1(NC[C@@]2(O)CCCN(Cc3cc(OC)ccc3F)C2=O)CC1. The van der Waals surface area contributed by atoms with Crippen molar-refractivity contribution in [3.8, 4) is 5.75 Å². The van der Waals surface area contributed by atoms with Gasteiger partial charge in [-0.15, -0.1) is 0 Å². The summed E-state index contributed by atoms with van der Waals surface area (Å²) >= 11 is 0. The largest absolute Gasteiger partial charge is 0.497 e. The second-order valence-corrected chi connectivity index (χ2v) is 7.70. The highest BCUT2D eigenvalue weighted by Gasteiger charge is 2.47. The Morgan fingerprint density at radius 2 is 2.12 bits per heavy atom. The predicted octanol–water partition coefficient (Wildman–Crippen LogP) is 2.61. The summed E-state index contributed by atoms with van der Waals surface area (Å²) in [4.78, 5) is 14.5. The fourth-order valence-electron chi connectivity index (χ4n) is 3.86. The van der Waals surface area contributed by atoms with Crippen LogP contribution in [0.2, 0.25) is 0 Å². The molecule has 2 fully saturated rings. The summed E-state index contributed by atoms with van der Waals surface area (Å²) in [6.45, 7) is 3.08. The van der Waals surface area contributed by atoms with E-state index in [4.69, 9.17) is 4.74 Å². The zero-order valence-corrected chi connectivity index (χ0v) is 15.7. The van der Waals surface area contributed by atoms with Crippen LogP contribution in [0.25, 0.3) is 0 Å². The van der Waals surface area contributed by atoms with Gasteiger partial charge in [-0.3, -0.25) is 4.79 Å². The second kappa shape index (κ2) is 7.53. The van der Waals surface area contributed by atoms with Crippen LogP contribution in [-0.4, -0.2) is 47.3 Å². The van der Waals surface area contributed by atoms with Crippen molar-refractivity contribution in [1.29, 1.82) is 0 Å². The number of hydrogen-bond acceptors (Lipinski definition) is 4. The predicted molar refractivity (Wildman–Crippen MR) is 97.4 cm³/mol. The number of nitrogens with one attached hydrogen (secondary N) is 1. The van der Waals surface area contributed by atoms with Crippen molar-refractivity contribution in [2.24, 2.45) is 0 Å². The average molecular weight is 364 g/mol. The van der Waals surface area contributed by atoms with E-state index in [0.717, 1.165) is 25.7 Å². The molecule has 1 aromatic rings. The molecule has 1 heterocycles. The molecule has 144 valence electrons. The number of carbonyl (C=O) groups is 1. The van der Waals surface area contributed by atoms with Gasteiger partial charge in [0.25, 0.3) is 5.91 Å². The van der Waals surface area contributed by atoms with Crippen molar-refractivity contribution < 1.29 is 19.0 Å². The lowest BCUT2D eigenvalue weighted by molar-refractivity contribution is -0.157. The molecule has 2 aliphatic rings. The van der Waals surface area contributed by atoms with Crippen LogP contribution in [-0.2, 0) is 11.3 Å². The molecule has 3 rings (SSSR count). The molecule has 26 heavy (non-hydrogen) atoms. The van der Waals surface area contributed by atoms with Crippen molar-refractivity contribution in [3.05, 3.63) is 29.6 Å². The van der Waals surface area contributed by atoms with Crippen molar-refractivity contribution in [2.75, 3.05) is 20.2 Å². The first-order chi connectivity index (χ1) is 12.4. The molecular formula is C20H29FN2O3. The molecule has 1 saturated heterocycles. The van der Waals surface area contributed by atoms with E-state index in [-0.39, 0.29) is 30.4 Å². The Morgan fingerprint density at radius 1 is 1.35 bits per heavy atom. The number of rotatable bonds is 8. The van der Waals surface area contributed by atoms with E-state index in [9.17, 15) is 14.3 Å². The van der Waals surface area contributed by atoms with Crippen molar-refractivity contribution in [3.63, 3.8) is 0 Å². The van der Waals surface area contributed by atoms with Gasteiger partial charge in [0.15, 0.2) is 5.60 Å². The number of hydrogen-bond donors (Lipinski definition) is 2. The Kier molecular flexibility index (Phi) is 5.53. The number of methoxy groups -OCH3 is 1. The third kappa shape index (κ3) is 4.01. The molecule has 5 nitrogen and oxygen atoms in total. The van der Waals surface area contributed by atoms with Crippen LogP contribution in [0.4, 0.5) is 4.39 Å². The monoisotopic (exact) mass is 364 g/mol. The summed E-state index contributed by atoms with van der Waals surface area (Å²) in [7, 11) is 1.53. The lowest BCUT2D eigenvalue weighted by atomic mass is 9.90. The first kappa shape index (κ1) is 19.1. The van der Waals surface area contributed by atoms with Crippen LogP contribution in [0.15, 0.2) is 18.2 Å². The molecule has 1 aliphatic heterocycles. The summed E-state index contributed by atoms with van der Waals surface area (Å²) in [5.41, 5.74) is -0.900. The minimum Gasteiger partial charge on any atom is -0.497 e. The molecule has 1 atom stereocenters. The number of likely N-dealkylation sites (tertiary alicyclic amines) is 1. The van der Waals surface area contributed by atoms with Crippen molar-refractivity contribution >= 4 is 5.91 Å². The summed E-state index contributed by atoms with van der Waals surface area (Å²) in [6.07, 6.45) is 5.50. The van der Waals surface area contributed by atoms with Crippen molar-refractivity contribution in [2.45, 2.75) is 63.1 Å². The molecule has 0 bridgehead atoms. The smallest absolute Gasteiger partial charge is 0.256 e. The highest BCUT2D eigenvalue weighted by atomic mass is 19.1. The van der Waals surface area contributed by atoms with E-state index in [2.05, 4.69) is 12.2 Å². The maximum atomic E-state index is 14.1. The van der Waals surface area contributed by atoms with Gasteiger partial charge < -0.3 is 20.1 Å². The highest BCUT2D eigenvalue weighted by molar-refractivity contribution is 5.86. The topological polar surface area (TPSA) is 61.8 Å². The summed E-state index contributed by atoms with van der Waals surface area (Å²) in [5, 5.41) is 14.4. The van der Waals surface area contributed by atoms with Gasteiger partial charge >= 0.3 is 0 Å². The zero-order chi connectivity index (χ0) is 18.8. The lowest BCUT2D eigenvalue weighted by Gasteiger charge is -2.39. The molecule has 1 aromatic carbocycles. The van der Waals surface area contributed by atoms with E-state index in [1.54, 1.807) is 17.0 Å². The number of carbonyl (C=O) groups excluding carboxylic acids is 1. The lowest BCUT2D eigenvalue weighted by Crippen LogP contribution is -2.59. The Hall–Kier alpha value is -1.66. The van der Waals surface area contributed by atoms with Gasteiger partial charge in [-0.05, 0) is 50.3 Å². The summed E-state index contributed by atoms with van der Waals surface area (Å²) in [6, 6.07) is 4.51. The van der Waals surface area contributed by atoms with E-state index in [1.165, 1.54) is 13.2 Å². The van der Waals surface area contributed by atoms with Crippen LogP contribution in [0, 0.1) is 5.82 Å². The molecule has 1 amide bonds. The Labute approximate surface area is 154 Å². The van der Waals surface area contributed by atoms with Gasteiger partial charge in [-0.25, -0.2) is 4.39 Å². The number of β-amino-alcohol motifs (C(OH)–C–C–N with tert-alkyl or cyclic N) is 1. The van der Waals surface area contributed by atoms with E-state index < -0.39 is 5.60 Å². The number of piperidine rings is 1. The Morgan fingerprint density at radius 3 is 2.77 bits per heavy atom. The number of ether oxygens (including phenoxy) is 1. The van der Waals surface area contributed by atoms with Gasteiger partial charge in [0.2, 0.25) is 0 Å². The number of benzene rings is 1. The van der Waals surface area contributed by atoms with Gasteiger partial charge in [-0.2, -0.15) is 0 Å². The number of aliphatic hydroxyl groups is 1. The normalized spacial score (nSPS) is 24.6. The van der Waals surface area contributed by atoms with Gasteiger partial charge in [0, 0.05) is 30.7 Å². The van der Waals surface area contributed by atoms with Crippen LogP contribution in [0.5, 0.6) is 5.75 Å². The number of amides is 1. The zero-order valence-electron chi connectivity index (χ0n) is 15.7. The molecule has 0 aromatic heterocycles. The molecule has 1 aliphatic carbocycles. The average Bonchev–Trinajstić information content (AvgIpc) is 3.40. The standard InChI is InChI=1S/C20H29FN2O3/c1-3-7-19(9-10-19)22-14-20(25)8-4-11-23(18(20)24)13-15-12-16(26-2)5-6-17(15)21/h5-6,12,22,25H,3-4,7-11,13-14H2,1-2H3/t20-/m0/s1. The van der Waals surface area contributed by atoms with Crippen LogP contribution >= 0.6 is 0 Å². The second-order valence-electron chi connectivity index (χ2n) is 7.70. The van der Waals surface area contributed by atoms with Gasteiger partial charge in [-0.1, -0.05) is 13.3 Å². The molecule has 0 spiro atoms. The summed E-state index contributed by atoms with van der Waals surface area (Å²) in [5.74, 6) is -0.130. The molecule has 6 heteroatoms. The third-order valence-electron chi connectivity index (χ3n) is 5.66. The minimum atomic E-state index is -1.41. The quantitative estimate of drug-likeness (QED) is 0.744. The molecule has 1 saturated carbocycles. The van der Waals surface area contributed by atoms with E-state index in [0.29, 0.717) is 30.7 Å². The molecular weight excluding hydrogens is 335 g/mol. The number of halogens is 1. The minimum absolute atomic E-state index is 0.103. The van der Waals surface area contributed by atoms with Crippen molar-refractivity contribution in [1.82, 2.24) is 10.2 Å². The van der Waals surface area contributed by atoms with Gasteiger partial charge in [0.05, 0.1) is 7.11 Å². The van der Waals surface area contributed by atoms with Crippen LogP contribution in [0.1, 0.15) is 51.0 Å². The maximum Gasteiger partial charge on any atom is 0.256 e. The van der Waals surface area contributed by atoms with E-state index in [1.807, 2.05) is 0 Å². The molecule has 0 unspecified atom stereocenters. The first-order valence-corrected chi connectivity index (χ1v) is 9.51. The third-order valence-corrected chi connectivity index (χ3v) is 5.66. The first-order valence-electron chi connectivity index (χ1n) is 9.51. The fraction of sp³-hybridized carbons (Fsp3) is 0.650. The highest BCUT2D eigenvalue weighted by Crippen LogP contribution is 2.40.